The summed E-state index contributed by atoms with van der Waals surface area (Å²) in [6.45, 7) is 5.37. The smallest absolute Gasteiger partial charge is 0.263 e. The topological polar surface area (TPSA) is 72.2 Å². The molecular weight excluding hydrogens is 431 g/mol. The van der Waals surface area contributed by atoms with E-state index < -0.39 is 15.8 Å². The molecule has 0 bridgehead atoms. The van der Waals surface area contributed by atoms with Crippen LogP contribution in [0.5, 0.6) is 0 Å². The molecule has 5 nitrogen and oxygen atoms in total. The van der Waals surface area contributed by atoms with Crippen molar-refractivity contribution in [3.05, 3.63) is 50.7 Å². The third kappa shape index (κ3) is 3.49. The van der Waals surface area contributed by atoms with Gasteiger partial charge in [-0.25, -0.2) is 12.8 Å². The van der Waals surface area contributed by atoms with Crippen LogP contribution in [-0.4, -0.2) is 13.6 Å². The van der Waals surface area contributed by atoms with Crippen molar-refractivity contribution in [2.75, 3.05) is 4.72 Å². The molecule has 0 atom stereocenters. The molecule has 2 aromatic heterocycles. The number of sulfonamides is 1. The van der Waals surface area contributed by atoms with Crippen molar-refractivity contribution in [1.29, 1.82) is 0 Å². The fourth-order valence-electron chi connectivity index (χ4n) is 2.26. The predicted octanol–water partition coefficient (Wildman–Crippen LogP) is 5.03. The van der Waals surface area contributed by atoms with Crippen LogP contribution in [0, 0.1) is 26.6 Å². The maximum atomic E-state index is 13.9. The molecule has 1 aromatic carbocycles. The number of hydrogen-bond acceptors (Lipinski definition) is 5. The quantitative estimate of drug-likeness (QED) is 0.612. The standard InChI is InChI=1S/C16H14BrFN2O3S2/c1-8-9(2)19-23-16(8)14-7-15(10(3)24-14)25(21,22)20-13-5-4-11(17)6-12(13)18/h4-7,20H,1-3H3. The van der Waals surface area contributed by atoms with E-state index in [0.29, 0.717) is 20.0 Å². The molecule has 132 valence electrons. The molecule has 0 amide bonds. The summed E-state index contributed by atoms with van der Waals surface area (Å²) in [4.78, 5) is 1.32. The van der Waals surface area contributed by atoms with Gasteiger partial charge in [-0.05, 0) is 45.0 Å². The molecule has 3 rings (SSSR count). The number of aromatic nitrogens is 1. The van der Waals surface area contributed by atoms with E-state index in [4.69, 9.17) is 4.52 Å². The Morgan fingerprint density at radius 1 is 1.24 bits per heavy atom. The second-order valence-electron chi connectivity index (χ2n) is 5.48. The Morgan fingerprint density at radius 3 is 2.56 bits per heavy atom. The first-order valence-electron chi connectivity index (χ1n) is 7.20. The van der Waals surface area contributed by atoms with E-state index in [9.17, 15) is 12.8 Å². The van der Waals surface area contributed by atoms with Crippen molar-refractivity contribution in [2.24, 2.45) is 0 Å². The van der Waals surface area contributed by atoms with Crippen LogP contribution in [0.25, 0.3) is 10.6 Å². The predicted molar refractivity (Wildman–Crippen MR) is 98.9 cm³/mol. The van der Waals surface area contributed by atoms with Crippen LogP contribution < -0.4 is 4.72 Å². The average molecular weight is 445 g/mol. The molecule has 0 spiro atoms. The third-order valence-electron chi connectivity index (χ3n) is 3.72. The van der Waals surface area contributed by atoms with E-state index in [2.05, 4.69) is 25.8 Å². The zero-order chi connectivity index (χ0) is 18.4. The molecule has 25 heavy (non-hydrogen) atoms. The Labute approximate surface area is 157 Å². The van der Waals surface area contributed by atoms with Crippen LogP contribution in [0.15, 0.2) is 38.2 Å². The van der Waals surface area contributed by atoms with E-state index in [0.717, 1.165) is 11.3 Å². The van der Waals surface area contributed by atoms with Gasteiger partial charge in [0.05, 0.1) is 16.3 Å². The summed E-state index contributed by atoms with van der Waals surface area (Å²) in [6, 6.07) is 5.65. The van der Waals surface area contributed by atoms with E-state index >= 15 is 0 Å². The van der Waals surface area contributed by atoms with Crippen molar-refractivity contribution in [3.63, 3.8) is 0 Å². The van der Waals surface area contributed by atoms with Gasteiger partial charge < -0.3 is 4.52 Å². The minimum atomic E-state index is -3.93. The van der Waals surface area contributed by atoms with Gasteiger partial charge in [0.25, 0.3) is 10.0 Å². The first kappa shape index (κ1) is 18.1. The molecule has 0 fully saturated rings. The van der Waals surface area contributed by atoms with Gasteiger partial charge in [0.15, 0.2) is 5.76 Å². The minimum absolute atomic E-state index is 0.0864. The lowest BCUT2D eigenvalue weighted by molar-refractivity contribution is 0.427. The summed E-state index contributed by atoms with van der Waals surface area (Å²) in [5.41, 5.74) is 1.50. The summed E-state index contributed by atoms with van der Waals surface area (Å²) >= 11 is 4.42. The summed E-state index contributed by atoms with van der Waals surface area (Å²) in [5.74, 6) is -0.116. The highest BCUT2D eigenvalue weighted by atomic mass is 79.9. The average Bonchev–Trinajstić information content (AvgIpc) is 3.06. The molecule has 0 saturated heterocycles. The summed E-state index contributed by atoms with van der Waals surface area (Å²) in [6.07, 6.45) is 0. The number of nitrogens with one attached hydrogen (secondary N) is 1. The van der Waals surface area contributed by atoms with Crippen LogP contribution in [0.2, 0.25) is 0 Å². The van der Waals surface area contributed by atoms with Crippen LogP contribution >= 0.6 is 27.3 Å². The van der Waals surface area contributed by atoms with Crippen molar-refractivity contribution < 1.29 is 17.3 Å². The Bertz CT molecular complexity index is 1060. The second kappa shape index (κ2) is 6.54. The number of thiophene rings is 1. The zero-order valence-electron chi connectivity index (χ0n) is 13.6. The molecular formula is C16H14BrFN2O3S2. The van der Waals surface area contributed by atoms with E-state index in [1.165, 1.54) is 29.5 Å². The Morgan fingerprint density at radius 2 is 1.96 bits per heavy atom. The van der Waals surface area contributed by atoms with E-state index in [1.54, 1.807) is 13.0 Å². The maximum absolute atomic E-state index is 13.9. The summed E-state index contributed by atoms with van der Waals surface area (Å²) < 4.78 is 47.4. The van der Waals surface area contributed by atoms with Gasteiger partial charge in [-0.3, -0.25) is 4.72 Å². The highest BCUT2D eigenvalue weighted by Crippen LogP contribution is 2.36. The number of anilines is 1. The first-order chi connectivity index (χ1) is 11.7. The summed E-state index contributed by atoms with van der Waals surface area (Å²) in [7, 11) is -3.93. The number of nitrogens with zero attached hydrogens (tertiary/aromatic N) is 1. The molecule has 0 unspecified atom stereocenters. The molecule has 3 aromatic rings. The molecule has 1 N–H and O–H groups in total. The normalized spacial score (nSPS) is 11.7. The van der Waals surface area contributed by atoms with Crippen LogP contribution in [0.3, 0.4) is 0 Å². The zero-order valence-corrected chi connectivity index (χ0v) is 16.8. The lowest BCUT2D eigenvalue weighted by atomic mass is 10.2. The van der Waals surface area contributed by atoms with Gasteiger partial charge in [0.1, 0.15) is 10.7 Å². The fourth-order valence-corrected chi connectivity index (χ4v) is 5.29. The lowest BCUT2D eigenvalue weighted by Gasteiger charge is -2.08. The maximum Gasteiger partial charge on any atom is 0.263 e. The molecule has 0 aliphatic rings. The first-order valence-corrected chi connectivity index (χ1v) is 10.3. The molecule has 0 aliphatic heterocycles. The Balaban J connectivity index is 1.99. The van der Waals surface area contributed by atoms with Gasteiger partial charge in [-0.1, -0.05) is 21.1 Å². The number of aryl methyl sites for hydroxylation is 2. The summed E-state index contributed by atoms with van der Waals surface area (Å²) in [5, 5.41) is 3.89. The highest BCUT2D eigenvalue weighted by molar-refractivity contribution is 9.10. The molecule has 2 heterocycles. The molecule has 0 saturated carbocycles. The monoisotopic (exact) mass is 444 g/mol. The number of hydrogen-bond donors (Lipinski definition) is 1. The van der Waals surface area contributed by atoms with Crippen LogP contribution in [0.1, 0.15) is 16.1 Å². The van der Waals surface area contributed by atoms with Crippen molar-refractivity contribution in [1.82, 2.24) is 5.16 Å². The van der Waals surface area contributed by atoms with Gasteiger partial charge in [0.2, 0.25) is 0 Å². The molecule has 0 aliphatic carbocycles. The Hall–Kier alpha value is -1.71. The van der Waals surface area contributed by atoms with Crippen LogP contribution in [0.4, 0.5) is 10.1 Å². The minimum Gasteiger partial charge on any atom is -0.355 e. The van der Waals surface area contributed by atoms with Gasteiger partial charge in [-0.2, -0.15) is 0 Å². The highest BCUT2D eigenvalue weighted by Gasteiger charge is 2.24. The Kier molecular flexibility index (Phi) is 4.74. The van der Waals surface area contributed by atoms with Crippen LogP contribution in [-0.2, 0) is 10.0 Å². The van der Waals surface area contributed by atoms with Gasteiger partial charge >= 0.3 is 0 Å². The number of halogens is 2. The SMILES string of the molecule is Cc1noc(-c2cc(S(=O)(=O)Nc3ccc(Br)cc3F)c(C)s2)c1C. The fraction of sp³-hybridized carbons (Fsp3) is 0.188. The number of benzene rings is 1. The molecule has 9 heteroatoms. The van der Waals surface area contributed by atoms with Gasteiger partial charge in [0, 0.05) is 14.9 Å². The van der Waals surface area contributed by atoms with E-state index in [-0.39, 0.29) is 10.6 Å². The number of rotatable bonds is 4. The third-order valence-corrected chi connectivity index (χ3v) is 6.88. The molecule has 0 radical (unpaired) electrons. The van der Waals surface area contributed by atoms with Gasteiger partial charge in [-0.15, -0.1) is 11.3 Å². The van der Waals surface area contributed by atoms with Crippen molar-refractivity contribution >= 4 is 43.0 Å². The van der Waals surface area contributed by atoms with Crippen molar-refractivity contribution in [3.8, 4) is 10.6 Å². The lowest BCUT2D eigenvalue weighted by Crippen LogP contribution is -2.14. The van der Waals surface area contributed by atoms with E-state index in [1.807, 2.05) is 13.8 Å². The largest absolute Gasteiger partial charge is 0.355 e. The van der Waals surface area contributed by atoms with Crippen molar-refractivity contribution in [2.45, 2.75) is 25.7 Å². The second-order valence-corrected chi connectivity index (χ2v) is 9.31.